The van der Waals surface area contributed by atoms with E-state index >= 15 is 0 Å². The summed E-state index contributed by atoms with van der Waals surface area (Å²) in [7, 11) is 0. The summed E-state index contributed by atoms with van der Waals surface area (Å²) < 4.78 is 11.4. The van der Waals surface area contributed by atoms with Crippen LogP contribution in [0.4, 0.5) is 0 Å². The van der Waals surface area contributed by atoms with Crippen LogP contribution in [0.5, 0.6) is 0 Å². The molecule has 0 bridgehead atoms. The first-order valence-corrected chi connectivity index (χ1v) is 6.35. The maximum Gasteiger partial charge on any atom is 0.105 e. The van der Waals surface area contributed by atoms with Crippen LogP contribution >= 0.6 is 0 Å². The van der Waals surface area contributed by atoms with E-state index in [9.17, 15) is 0 Å². The Morgan fingerprint density at radius 3 is 2.47 bits per heavy atom. The second-order valence-electron chi connectivity index (χ2n) is 5.32. The van der Waals surface area contributed by atoms with Gasteiger partial charge < -0.3 is 14.8 Å². The van der Waals surface area contributed by atoms with Crippen molar-refractivity contribution in [3.8, 4) is 0 Å². The molecule has 15 heavy (non-hydrogen) atoms. The molecule has 3 fully saturated rings. The summed E-state index contributed by atoms with van der Waals surface area (Å²) in [6.07, 6.45) is 8.25. The average molecular weight is 211 g/mol. The minimum absolute atomic E-state index is 0.150. The molecule has 0 unspecified atom stereocenters. The number of nitrogens with one attached hydrogen (secondary N) is 1. The SMILES string of the molecule is C1CCC(CNC2CC2)(OC2COC2)C1. The summed E-state index contributed by atoms with van der Waals surface area (Å²) in [4.78, 5) is 0. The number of rotatable bonds is 5. The van der Waals surface area contributed by atoms with Gasteiger partial charge in [0, 0.05) is 12.6 Å². The van der Waals surface area contributed by atoms with E-state index in [2.05, 4.69) is 5.32 Å². The molecule has 0 aromatic carbocycles. The molecule has 0 spiro atoms. The maximum atomic E-state index is 6.23. The zero-order valence-corrected chi connectivity index (χ0v) is 9.34. The van der Waals surface area contributed by atoms with Gasteiger partial charge in [0.2, 0.25) is 0 Å². The van der Waals surface area contributed by atoms with Crippen LogP contribution in [0.1, 0.15) is 38.5 Å². The lowest BCUT2D eigenvalue weighted by Crippen LogP contribution is -2.49. The Bertz CT molecular complexity index is 218. The first-order valence-electron chi connectivity index (χ1n) is 6.35. The van der Waals surface area contributed by atoms with Crippen LogP contribution in [0.25, 0.3) is 0 Å². The minimum atomic E-state index is 0.150. The predicted molar refractivity (Wildman–Crippen MR) is 57.9 cm³/mol. The first-order chi connectivity index (χ1) is 7.36. The molecule has 3 nitrogen and oxygen atoms in total. The molecule has 2 aliphatic carbocycles. The van der Waals surface area contributed by atoms with E-state index in [0.29, 0.717) is 6.10 Å². The van der Waals surface area contributed by atoms with E-state index in [1.54, 1.807) is 0 Å². The molecule has 1 heterocycles. The monoisotopic (exact) mass is 211 g/mol. The van der Waals surface area contributed by atoms with Crippen LogP contribution in [0.2, 0.25) is 0 Å². The van der Waals surface area contributed by atoms with Gasteiger partial charge in [-0.15, -0.1) is 0 Å². The van der Waals surface area contributed by atoms with Crippen molar-refractivity contribution in [1.82, 2.24) is 5.32 Å². The molecule has 0 aromatic heterocycles. The van der Waals surface area contributed by atoms with Crippen molar-refractivity contribution >= 4 is 0 Å². The molecule has 0 radical (unpaired) electrons. The summed E-state index contributed by atoms with van der Waals surface area (Å²) in [5.74, 6) is 0. The van der Waals surface area contributed by atoms with E-state index in [0.717, 1.165) is 25.8 Å². The Balaban J connectivity index is 1.53. The highest BCUT2D eigenvalue weighted by atomic mass is 16.6. The van der Waals surface area contributed by atoms with E-state index < -0.39 is 0 Å². The normalized spacial score (nSPS) is 30.4. The van der Waals surface area contributed by atoms with Crippen molar-refractivity contribution in [3.05, 3.63) is 0 Å². The standard InChI is InChI=1S/C12H21NO2/c1-2-6-12(5-1,9-13-10-3-4-10)15-11-7-14-8-11/h10-11,13H,1-9H2. The van der Waals surface area contributed by atoms with Gasteiger partial charge in [0.05, 0.1) is 18.8 Å². The van der Waals surface area contributed by atoms with Gasteiger partial charge in [0.1, 0.15) is 6.10 Å². The Labute approximate surface area is 91.5 Å². The first kappa shape index (κ1) is 10.1. The molecule has 3 aliphatic rings. The van der Waals surface area contributed by atoms with E-state index in [1.807, 2.05) is 0 Å². The molecule has 1 N–H and O–H groups in total. The average Bonchev–Trinajstić information content (AvgIpc) is 2.90. The highest BCUT2D eigenvalue weighted by Gasteiger charge is 2.39. The largest absolute Gasteiger partial charge is 0.376 e. The molecular weight excluding hydrogens is 190 g/mol. The molecule has 3 rings (SSSR count). The van der Waals surface area contributed by atoms with Gasteiger partial charge in [-0.1, -0.05) is 12.8 Å². The summed E-state index contributed by atoms with van der Waals surface area (Å²) in [6, 6.07) is 0.795. The molecule has 0 atom stereocenters. The van der Waals surface area contributed by atoms with Crippen LogP contribution in [0.15, 0.2) is 0 Å². The molecule has 2 saturated carbocycles. The van der Waals surface area contributed by atoms with Gasteiger partial charge in [-0.2, -0.15) is 0 Å². The highest BCUT2D eigenvalue weighted by Crippen LogP contribution is 2.35. The van der Waals surface area contributed by atoms with Crippen LogP contribution in [-0.4, -0.2) is 37.5 Å². The van der Waals surface area contributed by atoms with Crippen molar-refractivity contribution in [2.24, 2.45) is 0 Å². The lowest BCUT2D eigenvalue weighted by molar-refractivity contribution is -0.189. The molecule has 1 aliphatic heterocycles. The lowest BCUT2D eigenvalue weighted by Gasteiger charge is -2.37. The third-order valence-electron chi connectivity index (χ3n) is 3.83. The van der Waals surface area contributed by atoms with E-state index in [4.69, 9.17) is 9.47 Å². The highest BCUT2D eigenvalue weighted by molar-refractivity contribution is 4.93. The Morgan fingerprint density at radius 2 is 1.93 bits per heavy atom. The summed E-state index contributed by atoms with van der Waals surface area (Å²) in [6.45, 7) is 2.69. The van der Waals surface area contributed by atoms with E-state index in [1.165, 1.54) is 38.5 Å². The van der Waals surface area contributed by atoms with Crippen molar-refractivity contribution < 1.29 is 9.47 Å². The zero-order chi connectivity index (χ0) is 10.1. The minimum Gasteiger partial charge on any atom is -0.376 e. The maximum absolute atomic E-state index is 6.23. The molecule has 86 valence electrons. The van der Waals surface area contributed by atoms with Crippen LogP contribution in [-0.2, 0) is 9.47 Å². The molecule has 0 amide bonds. The summed E-state index contributed by atoms with van der Waals surface area (Å²) >= 11 is 0. The zero-order valence-electron chi connectivity index (χ0n) is 9.34. The second-order valence-corrected chi connectivity index (χ2v) is 5.32. The molecular formula is C12H21NO2. The summed E-state index contributed by atoms with van der Waals surface area (Å²) in [5, 5.41) is 3.63. The van der Waals surface area contributed by atoms with Crippen LogP contribution in [0, 0.1) is 0 Å². The van der Waals surface area contributed by atoms with Gasteiger partial charge in [-0.3, -0.25) is 0 Å². The number of ether oxygens (including phenoxy) is 2. The smallest absolute Gasteiger partial charge is 0.105 e. The molecule has 3 heteroatoms. The third kappa shape index (κ3) is 2.35. The van der Waals surface area contributed by atoms with Crippen molar-refractivity contribution in [2.45, 2.75) is 56.3 Å². The van der Waals surface area contributed by atoms with Gasteiger partial charge in [0.25, 0.3) is 0 Å². The van der Waals surface area contributed by atoms with Gasteiger partial charge >= 0.3 is 0 Å². The van der Waals surface area contributed by atoms with Crippen molar-refractivity contribution in [1.29, 1.82) is 0 Å². The van der Waals surface area contributed by atoms with Gasteiger partial charge in [-0.25, -0.2) is 0 Å². The molecule has 0 aromatic rings. The Hall–Kier alpha value is -0.120. The second kappa shape index (κ2) is 4.04. The van der Waals surface area contributed by atoms with Crippen molar-refractivity contribution in [2.75, 3.05) is 19.8 Å². The Kier molecular flexibility index (Phi) is 2.71. The predicted octanol–water partition coefficient (Wildman–Crippen LogP) is 1.47. The third-order valence-corrected chi connectivity index (χ3v) is 3.83. The number of hydrogen-bond donors (Lipinski definition) is 1. The molecule has 1 saturated heterocycles. The number of hydrogen-bond acceptors (Lipinski definition) is 3. The fourth-order valence-corrected chi connectivity index (χ4v) is 2.61. The quantitative estimate of drug-likeness (QED) is 0.747. The van der Waals surface area contributed by atoms with E-state index in [-0.39, 0.29) is 5.60 Å². The van der Waals surface area contributed by atoms with Gasteiger partial charge in [0.15, 0.2) is 0 Å². The summed E-state index contributed by atoms with van der Waals surface area (Å²) in [5.41, 5.74) is 0.150. The fraction of sp³-hybridized carbons (Fsp3) is 1.00. The van der Waals surface area contributed by atoms with Gasteiger partial charge in [-0.05, 0) is 25.7 Å². The van der Waals surface area contributed by atoms with Crippen molar-refractivity contribution in [3.63, 3.8) is 0 Å². The Morgan fingerprint density at radius 1 is 1.20 bits per heavy atom. The lowest BCUT2D eigenvalue weighted by atomic mass is 10.0. The van der Waals surface area contributed by atoms with Crippen LogP contribution < -0.4 is 5.32 Å². The topological polar surface area (TPSA) is 30.5 Å². The van der Waals surface area contributed by atoms with Crippen LogP contribution in [0.3, 0.4) is 0 Å². The fourth-order valence-electron chi connectivity index (χ4n) is 2.61.